The fourth-order valence-corrected chi connectivity index (χ4v) is 2.54. The maximum Gasteiger partial charge on any atom is 0.129 e. The predicted molar refractivity (Wildman–Crippen MR) is 90.3 cm³/mol. The van der Waals surface area contributed by atoms with Crippen molar-refractivity contribution in [2.24, 2.45) is 13.0 Å². The van der Waals surface area contributed by atoms with Gasteiger partial charge in [-0.15, -0.1) is 0 Å². The van der Waals surface area contributed by atoms with E-state index < -0.39 is 0 Å². The summed E-state index contributed by atoms with van der Waals surface area (Å²) < 4.78 is 1.79. The van der Waals surface area contributed by atoms with Gasteiger partial charge in [0.15, 0.2) is 0 Å². The molecule has 0 radical (unpaired) electrons. The summed E-state index contributed by atoms with van der Waals surface area (Å²) in [5, 5.41) is 4.61. The Labute approximate surface area is 128 Å². The lowest BCUT2D eigenvalue weighted by atomic mass is 9.96. The molecule has 0 atom stereocenters. The molecule has 0 saturated heterocycles. The summed E-state index contributed by atoms with van der Waals surface area (Å²) >= 11 is 0. The number of aryl methyl sites for hydroxylation is 2. The molecule has 0 saturated carbocycles. The van der Waals surface area contributed by atoms with Gasteiger partial charge in [0.05, 0.1) is 5.69 Å². The minimum atomic E-state index is 0.547. The third kappa shape index (κ3) is 3.46. The van der Waals surface area contributed by atoms with Crippen LogP contribution in [0.4, 0.5) is 5.82 Å². The zero-order chi connectivity index (χ0) is 15.6. The molecule has 0 amide bonds. The van der Waals surface area contributed by atoms with E-state index in [1.165, 1.54) is 11.1 Å². The Balaban J connectivity index is 2.37. The minimum absolute atomic E-state index is 0.547. The minimum Gasteiger partial charge on any atom is -0.383 e. The van der Waals surface area contributed by atoms with E-state index in [-0.39, 0.29) is 0 Å². The first-order valence-corrected chi connectivity index (χ1v) is 7.81. The summed E-state index contributed by atoms with van der Waals surface area (Å²) in [5.74, 6) is 1.97. The fourth-order valence-electron chi connectivity index (χ4n) is 2.54. The Morgan fingerprint density at radius 3 is 2.24 bits per heavy atom. The molecule has 21 heavy (non-hydrogen) atoms. The Bertz CT molecular complexity index is 592. The van der Waals surface area contributed by atoms with Crippen LogP contribution >= 0.6 is 0 Å². The predicted octanol–water partition coefficient (Wildman–Crippen LogP) is 4.38. The zero-order valence-corrected chi connectivity index (χ0v) is 13.9. The number of aromatic nitrogens is 2. The number of anilines is 1. The van der Waals surface area contributed by atoms with Crippen LogP contribution in [0.15, 0.2) is 24.3 Å². The van der Waals surface area contributed by atoms with Crippen LogP contribution in [-0.4, -0.2) is 9.78 Å². The molecule has 0 bridgehead atoms. The van der Waals surface area contributed by atoms with Crippen LogP contribution in [0.2, 0.25) is 0 Å². The Hall–Kier alpha value is -1.77. The van der Waals surface area contributed by atoms with E-state index in [0.29, 0.717) is 11.8 Å². The lowest BCUT2D eigenvalue weighted by Gasteiger charge is -2.09. The third-order valence-corrected chi connectivity index (χ3v) is 3.99. The normalized spacial score (nSPS) is 11.6. The molecule has 0 spiro atoms. The Morgan fingerprint density at radius 2 is 1.71 bits per heavy atom. The highest BCUT2D eigenvalue weighted by atomic mass is 15.3. The van der Waals surface area contributed by atoms with E-state index in [0.717, 1.165) is 29.9 Å². The Morgan fingerprint density at radius 1 is 1.10 bits per heavy atom. The van der Waals surface area contributed by atoms with Gasteiger partial charge in [-0.2, -0.15) is 5.10 Å². The molecular weight excluding hydrogens is 258 g/mol. The second-order valence-corrected chi connectivity index (χ2v) is 6.54. The van der Waals surface area contributed by atoms with Crippen molar-refractivity contribution in [3.05, 3.63) is 35.5 Å². The zero-order valence-electron chi connectivity index (χ0n) is 13.9. The summed E-state index contributed by atoms with van der Waals surface area (Å²) in [4.78, 5) is 0. The highest BCUT2D eigenvalue weighted by Gasteiger charge is 2.16. The standard InChI is InChI=1S/C18H27N3/c1-12(2)6-11-16-17(18(19)21(5)20-16)15-9-7-14(8-10-15)13(3)4/h7-10,12-13H,6,11,19H2,1-5H3. The average molecular weight is 285 g/mol. The molecule has 3 heteroatoms. The van der Waals surface area contributed by atoms with Crippen molar-refractivity contribution < 1.29 is 0 Å². The van der Waals surface area contributed by atoms with Gasteiger partial charge in [-0.05, 0) is 35.8 Å². The lowest BCUT2D eigenvalue weighted by molar-refractivity contribution is 0.577. The van der Waals surface area contributed by atoms with E-state index in [9.17, 15) is 0 Å². The molecule has 1 aromatic heterocycles. The van der Waals surface area contributed by atoms with Gasteiger partial charge in [0, 0.05) is 12.6 Å². The van der Waals surface area contributed by atoms with Crippen molar-refractivity contribution in [1.82, 2.24) is 9.78 Å². The van der Waals surface area contributed by atoms with Crippen molar-refractivity contribution in [2.45, 2.75) is 46.5 Å². The van der Waals surface area contributed by atoms with Gasteiger partial charge in [-0.1, -0.05) is 52.0 Å². The first kappa shape index (κ1) is 15.6. The van der Waals surface area contributed by atoms with E-state index in [4.69, 9.17) is 5.73 Å². The third-order valence-electron chi connectivity index (χ3n) is 3.99. The monoisotopic (exact) mass is 285 g/mol. The van der Waals surface area contributed by atoms with Gasteiger partial charge in [-0.3, -0.25) is 4.68 Å². The first-order valence-electron chi connectivity index (χ1n) is 7.81. The topological polar surface area (TPSA) is 43.8 Å². The molecule has 2 N–H and O–H groups in total. The number of nitrogen functional groups attached to an aromatic ring is 1. The van der Waals surface area contributed by atoms with Crippen LogP contribution in [0.1, 0.15) is 51.3 Å². The molecule has 0 aliphatic rings. The summed E-state index contributed by atoms with van der Waals surface area (Å²) in [6.07, 6.45) is 2.11. The summed E-state index contributed by atoms with van der Waals surface area (Å²) in [6.45, 7) is 8.90. The fraction of sp³-hybridized carbons (Fsp3) is 0.500. The second kappa shape index (κ2) is 6.33. The van der Waals surface area contributed by atoms with Gasteiger partial charge in [-0.25, -0.2) is 0 Å². The maximum absolute atomic E-state index is 6.24. The summed E-state index contributed by atoms with van der Waals surface area (Å²) in [7, 11) is 1.92. The number of rotatable bonds is 5. The largest absolute Gasteiger partial charge is 0.383 e. The number of hydrogen-bond acceptors (Lipinski definition) is 2. The molecule has 0 aliphatic carbocycles. The highest BCUT2D eigenvalue weighted by Crippen LogP contribution is 2.31. The Kier molecular flexibility index (Phi) is 4.71. The SMILES string of the molecule is CC(C)CCc1nn(C)c(N)c1-c1ccc(C(C)C)cc1. The van der Waals surface area contributed by atoms with Crippen LogP contribution in [-0.2, 0) is 13.5 Å². The highest BCUT2D eigenvalue weighted by molar-refractivity contribution is 5.76. The lowest BCUT2D eigenvalue weighted by Crippen LogP contribution is -1.98. The molecule has 2 aromatic rings. The quantitative estimate of drug-likeness (QED) is 0.886. The van der Waals surface area contributed by atoms with Crippen LogP contribution in [0.3, 0.4) is 0 Å². The smallest absolute Gasteiger partial charge is 0.129 e. The van der Waals surface area contributed by atoms with E-state index in [1.807, 2.05) is 7.05 Å². The van der Waals surface area contributed by atoms with E-state index in [2.05, 4.69) is 57.1 Å². The number of nitrogens with zero attached hydrogens (tertiary/aromatic N) is 2. The van der Waals surface area contributed by atoms with Gasteiger partial charge in [0.25, 0.3) is 0 Å². The van der Waals surface area contributed by atoms with Crippen molar-refractivity contribution >= 4 is 5.82 Å². The molecule has 0 unspecified atom stereocenters. The van der Waals surface area contributed by atoms with Crippen LogP contribution in [0, 0.1) is 5.92 Å². The van der Waals surface area contributed by atoms with Crippen LogP contribution in [0.5, 0.6) is 0 Å². The molecule has 0 fully saturated rings. The van der Waals surface area contributed by atoms with Crippen LogP contribution in [0.25, 0.3) is 11.1 Å². The molecular formula is C18H27N3. The van der Waals surface area contributed by atoms with Crippen molar-refractivity contribution in [2.75, 3.05) is 5.73 Å². The summed E-state index contributed by atoms with van der Waals surface area (Å²) in [5.41, 5.74) is 11.0. The van der Waals surface area contributed by atoms with Gasteiger partial charge in [0.2, 0.25) is 0 Å². The van der Waals surface area contributed by atoms with Crippen molar-refractivity contribution in [3.8, 4) is 11.1 Å². The summed E-state index contributed by atoms with van der Waals surface area (Å²) in [6, 6.07) is 8.72. The molecule has 1 aromatic carbocycles. The number of nitrogens with two attached hydrogens (primary N) is 1. The second-order valence-electron chi connectivity index (χ2n) is 6.54. The molecule has 114 valence electrons. The first-order chi connectivity index (χ1) is 9.90. The molecule has 1 heterocycles. The van der Waals surface area contributed by atoms with Crippen molar-refractivity contribution in [1.29, 1.82) is 0 Å². The van der Waals surface area contributed by atoms with Crippen molar-refractivity contribution in [3.63, 3.8) is 0 Å². The molecule has 3 nitrogen and oxygen atoms in total. The van der Waals surface area contributed by atoms with Crippen LogP contribution < -0.4 is 5.73 Å². The number of hydrogen-bond donors (Lipinski definition) is 1. The van der Waals surface area contributed by atoms with Gasteiger partial charge >= 0.3 is 0 Å². The molecule has 0 aliphatic heterocycles. The number of benzene rings is 1. The van der Waals surface area contributed by atoms with E-state index >= 15 is 0 Å². The van der Waals surface area contributed by atoms with Gasteiger partial charge in [0.1, 0.15) is 5.82 Å². The van der Waals surface area contributed by atoms with E-state index in [1.54, 1.807) is 4.68 Å². The molecule has 2 rings (SSSR count). The van der Waals surface area contributed by atoms with Gasteiger partial charge < -0.3 is 5.73 Å². The average Bonchev–Trinajstić information content (AvgIpc) is 2.72. The maximum atomic E-state index is 6.24.